The fourth-order valence-corrected chi connectivity index (χ4v) is 2.66. The largest absolute Gasteiger partial charge is 0.330 e. The molecular weight excluding hydrogens is 256 g/mol. The van der Waals surface area contributed by atoms with E-state index in [9.17, 15) is 0 Å². The molecule has 0 fully saturated rings. The molecule has 0 spiro atoms. The van der Waals surface area contributed by atoms with E-state index in [1.165, 1.54) is 4.88 Å². The highest BCUT2D eigenvalue weighted by Crippen LogP contribution is 2.21. The molecule has 2 rings (SSSR count). The average Bonchev–Trinajstić information content (AvgIpc) is 2.90. The van der Waals surface area contributed by atoms with Crippen LogP contribution in [0.4, 0.5) is 0 Å². The molecule has 4 nitrogen and oxygen atoms in total. The number of hydrogen-bond acceptors (Lipinski definition) is 4. The summed E-state index contributed by atoms with van der Waals surface area (Å²) in [5.41, 5.74) is 6.48. The summed E-state index contributed by atoms with van der Waals surface area (Å²) in [7, 11) is 0. The van der Waals surface area contributed by atoms with Gasteiger partial charge in [0.25, 0.3) is 0 Å². The Labute approximate surface area is 109 Å². The molecule has 0 aliphatic heterocycles. The zero-order valence-corrected chi connectivity index (χ0v) is 11.0. The first-order chi connectivity index (χ1) is 8.28. The van der Waals surface area contributed by atoms with Crippen molar-refractivity contribution < 1.29 is 0 Å². The average molecular weight is 271 g/mol. The van der Waals surface area contributed by atoms with Gasteiger partial charge in [0.1, 0.15) is 0 Å². The van der Waals surface area contributed by atoms with Crippen molar-refractivity contribution in [3.63, 3.8) is 0 Å². The fourth-order valence-electron chi connectivity index (χ4n) is 1.58. The second kappa shape index (κ2) is 6.14. The number of aromatic nitrogens is 3. The lowest BCUT2D eigenvalue weighted by atomic mass is 10.2. The molecule has 2 N–H and O–H groups in total. The van der Waals surface area contributed by atoms with Crippen molar-refractivity contribution in [1.29, 1.82) is 0 Å². The Balaban J connectivity index is 1.89. The number of nitrogens with zero attached hydrogens (tertiary/aromatic N) is 3. The first-order valence-corrected chi connectivity index (χ1v) is 6.80. The first kappa shape index (κ1) is 12.5. The van der Waals surface area contributed by atoms with E-state index in [4.69, 9.17) is 17.3 Å². The van der Waals surface area contributed by atoms with Crippen LogP contribution in [0.5, 0.6) is 0 Å². The maximum absolute atomic E-state index is 5.88. The summed E-state index contributed by atoms with van der Waals surface area (Å²) in [6.07, 6.45) is 5.04. The van der Waals surface area contributed by atoms with Crippen LogP contribution in [0, 0.1) is 0 Å². The van der Waals surface area contributed by atoms with Crippen LogP contribution < -0.4 is 5.73 Å². The van der Waals surface area contributed by atoms with Crippen molar-refractivity contribution >= 4 is 22.9 Å². The monoisotopic (exact) mass is 270 g/mol. The summed E-state index contributed by atoms with van der Waals surface area (Å²) < 4.78 is 2.66. The molecule has 92 valence electrons. The van der Waals surface area contributed by atoms with Gasteiger partial charge in [0.05, 0.1) is 16.6 Å². The van der Waals surface area contributed by atoms with Gasteiger partial charge in [-0.3, -0.25) is 0 Å². The SMILES string of the molecule is NCCCCc1cn(Cc2ccc(Cl)s2)nn1. The third kappa shape index (κ3) is 3.80. The molecule has 6 heteroatoms. The van der Waals surface area contributed by atoms with Gasteiger partial charge in [-0.1, -0.05) is 16.8 Å². The first-order valence-electron chi connectivity index (χ1n) is 5.61. The molecule has 2 aromatic rings. The quantitative estimate of drug-likeness (QED) is 0.820. The van der Waals surface area contributed by atoms with Gasteiger partial charge in [0.2, 0.25) is 0 Å². The second-order valence-electron chi connectivity index (χ2n) is 3.86. The van der Waals surface area contributed by atoms with Crippen LogP contribution >= 0.6 is 22.9 Å². The molecule has 2 heterocycles. The predicted octanol–water partition coefficient (Wildman–Crippen LogP) is 2.32. The zero-order chi connectivity index (χ0) is 12.1. The van der Waals surface area contributed by atoms with Crippen molar-refractivity contribution in [2.45, 2.75) is 25.8 Å². The highest BCUT2D eigenvalue weighted by molar-refractivity contribution is 7.16. The highest BCUT2D eigenvalue weighted by Gasteiger charge is 2.03. The lowest BCUT2D eigenvalue weighted by Gasteiger charge is -1.95. The number of hydrogen-bond donors (Lipinski definition) is 1. The summed E-state index contributed by atoms with van der Waals surface area (Å²) in [6, 6.07) is 3.92. The van der Waals surface area contributed by atoms with Crippen molar-refractivity contribution in [2.75, 3.05) is 6.54 Å². The number of unbranched alkanes of at least 4 members (excludes halogenated alkanes) is 1. The lowest BCUT2D eigenvalue weighted by molar-refractivity contribution is 0.654. The minimum Gasteiger partial charge on any atom is -0.330 e. The molecule has 2 aromatic heterocycles. The molecule has 0 saturated heterocycles. The molecule has 0 amide bonds. The van der Waals surface area contributed by atoms with E-state index in [2.05, 4.69) is 10.3 Å². The van der Waals surface area contributed by atoms with E-state index in [0.717, 1.165) is 42.4 Å². The Morgan fingerprint density at radius 2 is 2.24 bits per heavy atom. The van der Waals surface area contributed by atoms with Gasteiger partial charge in [-0.15, -0.1) is 16.4 Å². The molecule has 0 saturated carbocycles. The smallest absolute Gasteiger partial charge is 0.0931 e. The van der Waals surface area contributed by atoms with Gasteiger partial charge in [0, 0.05) is 11.1 Å². The van der Waals surface area contributed by atoms with Crippen LogP contribution in [0.1, 0.15) is 23.4 Å². The molecule has 0 unspecified atom stereocenters. The molecule has 0 aromatic carbocycles. The van der Waals surface area contributed by atoms with Gasteiger partial charge in [-0.25, -0.2) is 4.68 Å². The minimum absolute atomic E-state index is 0.737. The molecule has 0 bridgehead atoms. The maximum Gasteiger partial charge on any atom is 0.0931 e. The second-order valence-corrected chi connectivity index (χ2v) is 5.66. The summed E-state index contributed by atoms with van der Waals surface area (Å²) in [5.74, 6) is 0. The van der Waals surface area contributed by atoms with Crippen LogP contribution in [0.25, 0.3) is 0 Å². The normalized spacial score (nSPS) is 10.9. The molecule has 0 atom stereocenters. The van der Waals surface area contributed by atoms with Crippen LogP contribution in [-0.2, 0) is 13.0 Å². The fraction of sp³-hybridized carbons (Fsp3) is 0.455. The Morgan fingerprint density at radius 3 is 2.94 bits per heavy atom. The predicted molar refractivity (Wildman–Crippen MR) is 70.4 cm³/mol. The number of nitrogens with two attached hydrogens (primary N) is 1. The Hall–Kier alpha value is -0.910. The molecule has 17 heavy (non-hydrogen) atoms. The van der Waals surface area contributed by atoms with Crippen LogP contribution in [-0.4, -0.2) is 21.5 Å². The maximum atomic E-state index is 5.88. The Bertz CT molecular complexity index is 465. The van der Waals surface area contributed by atoms with Crippen molar-refractivity contribution in [3.05, 3.63) is 33.2 Å². The summed E-state index contributed by atoms with van der Waals surface area (Å²) in [5, 5.41) is 8.23. The van der Waals surface area contributed by atoms with Crippen molar-refractivity contribution in [3.8, 4) is 0 Å². The number of rotatable bonds is 6. The summed E-state index contributed by atoms with van der Waals surface area (Å²) in [4.78, 5) is 1.19. The van der Waals surface area contributed by atoms with Crippen molar-refractivity contribution in [2.24, 2.45) is 5.73 Å². The standard InChI is InChI=1S/C11H15ClN4S/c12-11-5-4-10(17-11)8-16-7-9(14-15-16)3-1-2-6-13/h4-5,7H,1-3,6,8,13H2. The molecule has 0 aliphatic rings. The van der Waals surface area contributed by atoms with Gasteiger partial charge in [-0.05, 0) is 37.9 Å². The number of thiophene rings is 1. The third-order valence-corrected chi connectivity index (χ3v) is 3.64. The van der Waals surface area contributed by atoms with Gasteiger partial charge in [-0.2, -0.15) is 0 Å². The van der Waals surface area contributed by atoms with Crippen LogP contribution in [0.2, 0.25) is 4.34 Å². The third-order valence-electron chi connectivity index (χ3n) is 2.42. The molecule has 0 aliphatic carbocycles. The van der Waals surface area contributed by atoms with Gasteiger partial charge >= 0.3 is 0 Å². The van der Waals surface area contributed by atoms with E-state index < -0.39 is 0 Å². The Morgan fingerprint density at radius 1 is 1.35 bits per heavy atom. The van der Waals surface area contributed by atoms with E-state index >= 15 is 0 Å². The summed E-state index contributed by atoms with van der Waals surface area (Å²) in [6.45, 7) is 1.48. The molecule has 0 radical (unpaired) electrons. The Kier molecular flexibility index (Phi) is 4.53. The van der Waals surface area contributed by atoms with Crippen molar-refractivity contribution in [1.82, 2.24) is 15.0 Å². The van der Waals surface area contributed by atoms with Crippen LogP contribution in [0.3, 0.4) is 0 Å². The summed E-state index contributed by atoms with van der Waals surface area (Å²) >= 11 is 7.45. The molecular formula is C11H15ClN4S. The van der Waals surface area contributed by atoms with E-state index in [1.807, 2.05) is 23.0 Å². The highest BCUT2D eigenvalue weighted by atomic mass is 35.5. The van der Waals surface area contributed by atoms with Gasteiger partial charge < -0.3 is 5.73 Å². The topological polar surface area (TPSA) is 56.7 Å². The minimum atomic E-state index is 0.737. The van der Waals surface area contributed by atoms with E-state index in [1.54, 1.807) is 11.3 Å². The van der Waals surface area contributed by atoms with Crippen LogP contribution in [0.15, 0.2) is 18.3 Å². The zero-order valence-electron chi connectivity index (χ0n) is 9.47. The van der Waals surface area contributed by atoms with Gasteiger partial charge in [0.15, 0.2) is 0 Å². The van der Waals surface area contributed by atoms with E-state index in [0.29, 0.717) is 0 Å². The number of aryl methyl sites for hydroxylation is 1. The van der Waals surface area contributed by atoms with E-state index in [-0.39, 0.29) is 0 Å². The lowest BCUT2D eigenvalue weighted by Crippen LogP contribution is -1.99. The number of halogens is 1.